The van der Waals surface area contributed by atoms with E-state index in [9.17, 15) is 22.7 Å². The molecule has 0 fully saturated rings. The third kappa shape index (κ3) is 3.40. The van der Waals surface area contributed by atoms with Crippen LogP contribution in [0, 0.1) is 5.82 Å². The van der Waals surface area contributed by atoms with Crippen LogP contribution in [0.5, 0.6) is 11.5 Å². The van der Waals surface area contributed by atoms with Crippen molar-refractivity contribution in [2.75, 3.05) is 0 Å². The van der Waals surface area contributed by atoms with Gasteiger partial charge in [-0.1, -0.05) is 0 Å². The summed E-state index contributed by atoms with van der Waals surface area (Å²) in [5.74, 6) is -0.626. The van der Waals surface area contributed by atoms with E-state index < -0.39 is 17.6 Å². The second-order valence-corrected chi connectivity index (χ2v) is 4.08. The molecule has 6 heteroatoms. The Morgan fingerprint density at radius 2 is 1.65 bits per heavy atom. The number of ether oxygens (including phenoxy) is 1. The maximum Gasteiger partial charge on any atom is 0.416 e. The second kappa shape index (κ2) is 5.40. The number of benzene rings is 2. The van der Waals surface area contributed by atoms with Gasteiger partial charge in [0.05, 0.1) is 5.56 Å². The number of phenols is 1. The van der Waals surface area contributed by atoms with Gasteiger partial charge in [-0.2, -0.15) is 13.2 Å². The summed E-state index contributed by atoms with van der Waals surface area (Å²) in [6.45, 7) is -0.0719. The van der Waals surface area contributed by atoms with Crippen LogP contribution in [0.25, 0.3) is 0 Å². The van der Waals surface area contributed by atoms with Crippen LogP contribution in [-0.4, -0.2) is 5.11 Å². The number of phenolic OH excluding ortho intramolecular Hbond substituents is 1. The van der Waals surface area contributed by atoms with Crippen molar-refractivity contribution < 1.29 is 27.4 Å². The van der Waals surface area contributed by atoms with Gasteiger partial charge < -0.3 is 9.84 Å². The summed E-state index contributed by atoms with van der Waals surface area (Å²) >= 11 is 0. The maximum absolute atomic E-state index is 12.8. The molecule has 0 saturated heterocycles. The first-order valence-electron chi connectivity index (χ1n) is 5.64. The summed E-state index contributed by atoms with van der Waals surface area (Å²) in [4.78, 5) is 0. The smallest absolute Gasteiger partial charge is 0.416 e. The molecule has 0 heterocycles. The van der Waals surface area contributed by atoms with Crippen LogP contribution < -0.4 is 4.74 Å². The topological polar surface area (TPSA) is 29.5 Å². The van der Waals surface area contributed by atoms with Crippen molar-refractivity contribution in [3.8, 4) is 11.5 Å². The van der Waals surface area contributed by atoms with E-state index in [2.05, 4.69) is 0 Å². The molecule has 106 valence electrons. The van der Waals surface area contributed by atoms with Crippen LogP contribution in [0.4, 0.5) is 17.6 Å². The average molecular weight is 286 g/mol. The molecule has 0 spiro atoms. The van der Waals surface area contributed by atoms with Crippen LogP contribution in [0.2, 0.25) is 0 Å². The lowest BCUT2D eigenvalue weighted by molar-refractivity contribution is -0.137. The largest absolute Gasteiger partial charge is 0.507 e. The van der Waals surface area contributed by atoms with Crippen LogP contribution >= 0.6 is 0 Å². The Labute approximate surface area is 112 Å². The van der Waals surface area contributed by atoms with E-state index in [1.165, 1.54) is 18.2 Å². The molecule has 0 atom stereocenters. The Morgan fingerprint density at radius 3 is 2.20 bits per heavy atom. The maximum atomic E-state index is 12.8. The van der Waals surface area contributed by atoms with Gasteiger partial charge in [0.15, 0.2) is 0 Å². The number of halogens is 4. The van der Waals surface area contributed by atoms with E-state index in [1.54, 1.807) is 0 Å². The highest BCUT2D eigenvalue weighted by Gasteiger charge is 2.29. The number of rotatable bonds is 3. The minimum Gasteiger partial charge on any atom is -0.507 e. The summed E-state index contributed by atoms with van der Waals surface area (Å²) in [6.07, 6.45) is -4.40. The zero-order chi connectivity index (χ0) is 14.8. The van der Waals surface area contributed by atoms with Gasteiger partial charge in [-0.3, -0.25) is 0 Å². The molecule has 0 aromatic heterocycles. The fourth-order valence-electron chi connectivity index (χ4n) is 1.56. The molecule has 2 rings (SSSR count). The first-order valence-corrected chi connectivity index (χ1v) is 5.64. The molecular formula is C14H10F4O2. The Hall–Kier alpha value is -2.24. The van der Waals surface area contributed by atoms with Crippen molar-refractivity contribution >= 4 is 0 Å². The second-order valence-electron chi connectivity index (χ2n) is 4.08. The van der Waals surface area contributed by atoms with Crippen molar-refractivity contribution in [3.05, 3.63) is 59.4 Å². The number of aromatic hydroxyl groups is 1. The Balaban J connectivity index is 2.04. The Morgan fingerprint density at radius 1 is 1.00 bits per heavy atom. The first-order chi connectivity index (χ1) is 9.36. The van der Waals surface area contributed by atoms with Gasteiger partial charge in [0.25, 0.3) is 0 Å². The SMILES string of the molecule is Oc1cc(F)ccc1COc1ccc(C(F)(F)F)cc1. The number of hydrogen-bond acceptors (Lipinski definition) is 2. The van der Waals surface area contributed by atoms with E-state index >= 15 is 0 Å². The number of hydrogen-bond donors (Lipinski definition) is 1. The Kier molecular flexibility index (Phi) is 3.83. The quantitative estimate of drug-likeness (QED) is 0.860. The molecule has 0 bridgehead atoms. The normalized spacial score (nSPS) is 11.4. The minimum absolute atomic E-state index is 0.0719. The van der Waals surface area contributed by atoms with Crippen LogP contribution in [-0.2, 0) is 12.8 Å². The van der Waals surface area contributed by atoms with Gasteiger partial charge in [-0.25, -0.2) is 4.39 Å². The average Bonchev–Trinajstić information content (AvgIpc) is 2.37. The fourth-order valence-corrected chi connectivity index (χ4v) is 1.56. The van der Waals surface area contributed by atoms with E-state index in [0.717, 1.165) is 24.3 Å². The lowest BCUT2D eigenvalue weighted by Crippen LogP contribution is -2.04. The minimum atomic E-state index is -4.40. The van der Waals surface area contributed by atoms with Gasteiger partial charge in [-0.05, 0) is 36.4 Å². The molecule has 0 unspecified atom stereocenters. The molecule has 20 heavy (non-hydrogen) atoms. The highest BCUT2D eigenvalue weighted by Crippen LogP contribution is 2.30. The van der Waals surface area contributed by atoms with Gasteiger partial charge in [0.1, 0.15) is 23.9 Å². The van der Waals surface area contributed by atoms with E-state index in [4.69, 9.17) is 4.74 Å². The third-order valence-electron chi connectivity index (χ3n) is 2.62. The molecule has 0 saturated carbocycles. The van der Waals surface area contributed by atoms with Crippen molar-refractivity contribution in [1.29, 1.82) is 0 Å². The molecular weight excluding hydrogens is 276 g/mol. The summed E-state index contributed by atoms with van der Waals surface area (Å²) < 4.78 is 55.0. The standard InChI is InChI=1S/C14H10F4O2/c15-11-4-1-9(13(19)7-11)8-20-12-5-2-10(3-6-12)14(16,17)18/h1-7,19H,8H2. The molecule has 1 N–H and O–H groups in total. The van der Waals surface area contributed by atoms with Crippen molar-refractivity contribution in [1.82, 2.24) is 0 Å². The van der Waals surface area contributed by atoms with Gasteiger partial charge in [0, 0.05) is 11.6 Å². The molecule has 0 aliphatic rings. The predicted molar refractivity (Wildman–Crippen MR) is 63.8 cm³/mol. The predicted octanol–water partition coefficient (Wildman–Crippen LogP) is 4.13. The lowest BCUT2D eigenvalue weighted by atomic mass is 10.2. The molecule has 0 aliphatic heterocycles. The Bertz CT molecular complexity index is 591. The molecule has 2 aromatic rings. The summed E-state index contributed by atoms with van der Waals surface area (Å²) in [5, 5.41) is 9.45. The molecule has 2 aromatic carbocycles. The van der Waals surface area contributed by atoms with Crippen molar-refractivity contribution in [2.24, 2.45) is 0 Å². The van der Waals surface area contributed by atoms with Crippen LogP contribution in [0.1, 0.15) is 11.1 Å². The summed E-state index contributed by atoms with van der Waals surface area (Å²) in [7, 11) is 0. The van der Waals surface area contributed by atoms with Crippen molar-refractivity contribution in [3.63, 3.8) is 0 Å². The zero-order valence-corrected chi connectivity index (χ0v) is 10.1. The van der Waals surface area contributed by atoms with Gasteiger partial charge in [0.2, 0.25) is 0 Å². The molecule has 0 aliphatic carbocycles. The fraction of sp³-hybridized carbons (Fsp3) is 0.143. The third-order valence-corrected chi connectivity index (χ3v) is 2.62. The highest BCUT2D eigenvalue weighted by atomic mass is 19.4. The number of alkyl halides is 3. The molecule has 2 nitrogen and oxygen atoms in total. The monoisotopic (exact) mass is 286 g/mol. The van der Waals surface area contributed by atoms with Gasteiger partial charge >= 0.3 is 6.18 Å². The highest BCUT2D eigenvalue weighted by molar-refractivity contribution is 5.33. The van der Waals surface area contributed by atoms with Crippen LogP contribution in [0.3, 0.4) is 0 Å². The van der Waals surface area contributed by atoms with E-state index in [1.807, 2.05) is 0 Å². The molecule has 0 radical (unpaired) electrons. The zero-order valence-electron chi connectivity index (χ0n) is 10.1. The van der Waals surface area contributed by atoms with E-state index in [-0.39, 0.29) is 18.1 Å². The summed E-state index contributed by atoms with van der Waals surface area (Å²) in [5.41, 5.74) is -0.430. The van der Waals surface area contributed by atoms with E-state index in [0.29, 0.717) is 5.56 Å². The summed E-state index contributed by atoms with van der Waals surface area (Å²) in [6, 6.07) is 7.61. The first kappa shape index (κ1) is 14.2. The van der Waals surface area contributed by atoms with Gasteiger partial charge in [-0.15, -0.1) is 0 Å². The molecule has 0 amide bonds. The van der Waals surface area contributed by atoms with Crippen molar-refractivity contribution in [2.45, 2.75) is 12.8 Å². The van der Waals surface area contributed by atoms with Crippen LogP contribution in [0.15, 0.2) is 42.5 Å². The lowest BCUT2D eigenvalue weighted by Gasteiger charge is -2.10.